The molecule has 0 atom stereocenters. The van der Waals surface area contributed by atoms with E-state index in [0.717, 1.165) is 24.4 Å². The van der Waals surface area contributed by atoms with Crippen molar-refractivity contribution in [2.75, 3.05) is 13.2 Å². The molecule has 2 aromatic rings. The van der Waals surface area contributed by atoms with Crippen LogP contribution in [-0.4, -0.2) is 24.2 Å². The van der Waals surface area contributed by atoms with Crippen LogP contribution in [0.25, 0.3) is 10.9 Å². The van der Waals surface area contributed by atoms with Crippen LogP contribution in [-0.2, 0) is 11.3 Å². The number of hydrogen-bond donors (Lipinski definition) is 1. The van der Waals surface area contributed by atoms with Gasteiger partial charge in [-0.25, -0.2) is 0 Å². The van der Waals surface area contributed by atoms with Crippen LogP contribution in [0.4, 0.5) is 0 Å². The summed E-state index contributed by atoms with van der Waals surface area (Å²) in [7, 11) is 0. The molecule has 0 amide bonds. The molecule has 0 aliphatic heterocycles. The second kappa shape index (κ2) is 6.64. The van der Waals surface area contributed by atoms with E-state index in [1.807, 2.05) is 25.1 Å². The zero-order valence-electron chi connectivity index (χ0n) is 11.9. The molecule has 1 N–H and O–H groups in total. The summed E-state index contributed by atoms with van der Waals surface area (Å²) in [5.41, 5.74) is 3.30. The summed E-state index contributed by atoms with van der Waals surface area (Å²) in [6, 6.07) is 10.8. The molecule has 0 aliphatic rings. The minimum absolute atomic E-state index is 0.507. The van der Waals surface area contributed by atoms with Crippen molar-refractivity contribution in [2.24, 2.45) is 0 Å². The Labute approximate surface area is 115 Å². The Morgan fingerprint density at radius 1 is 1.26 bits per heavy atom. The van der Waals surface area contributed by atoms with Gasteiger partial charge in [0.15, 0.2) is 0 Å². The second-order valence-corrected chi connectivity index (χ2v) is 5.10. The van der Waals surface area contributed by atoms with E-state index in [9.17, 15) is 0 Å². The third-order valence-electron chi connectivity index (χ3n) is 2.99. The molecule has 3 heteroatoms. The minimum Gasteiger partial charge on any atom is -0.375 e. The van der Waals surface area contributed by atoms with Crippen molar-refractivity contribution in [1.29, 1.82) is 0 Å². The average molecular weight is 258 g/mol. The number of fused-ring (bicyclic) bond motifs is 1. The summed E-state index contributed by atoms with van der Waals surface area (Å²) in [6.07, 6.45) is 0. The third kappa shape index (κ3) is 4.01. The molecule has 0 radical (unpaired) electrons. The minimum atomic E-state index is 0.507. The fraction of sp³-hybridized carbons (Fsp3) is 0.438. The van der Waals surface area contributed by atoms with E-state index in [0.29, 0.717) is 12.6 Å². The highest BCUT2D eigenvalue weighted by molar-refractivity contribution is 5.82. The Morgan fingerprint density at radius 3 is 2.84 bits per heavy atom. The maximum absolute atomic E-state index is 5.74. The van der Waals surface area contributed by atoms with Gasteiger partial charge in [0.05, 0.1) is 18.7 Å². The standard InChI is InChI=1S/C16H22N2O/c1-12(2)17-8-9-19-11-14-10-13(3)18-16-7-5-4-6-15(14)16/h4-7,10,12,17H,8-9,11H2,1-3H3. The Balaban J connectivity index is 2.00. The topological polar surface area (TPSA) is 34.1 Å². The number of aryl methyl sites for hydroxylation is 1. The number of aromatic nitrogens is 1. The largest absolute Gasteiger partial charge is 0.375 e. The number of para-hydroxylation sites is 1. The Hall–Kier alpha value is -1.45. The van der Waals surface area contributed by atoms with E-state index in [2.05, 4.69) is 36.3 Å². The first kappa shape index (κ1) is 14.0. The molecule has 0 spiro atoms. The monoisotopic (exact) mass is 258 g/mol. The molecule has 0 aliphatic carbocycles. The van der Waals surface area contributed by atoms with Crippen LogP contribution in [0.2, 0.25) is 0 Å². The summed E-state index contributed by atoms with van der Waals surface area (Å²) in [6.45, 7) is 8.56. The molecule has 102 valence electrons. The summed E-state index contributed by atoms with van der Waals surface area (Å²) in [4.78, 5) is 4.54. The molecule has 2 rings (SSSR count). The van der Waals surface area contributed by atoms with E-state index in [4.69, 9.17) is 4.74 Å². The van der Waals surface area contributed by atoms with Crippen LogP contribution in [0.15, 0.2) is 30.3 Å². The molecule has 19 heavy (non-hydrogen) atoms. The maximum atomic E-state index is 5.74. The van der Waals surface area contributed by atoms with Crippen molar-refractivity contribution in [1.82, 2.24) is 10.3 Å². The van der Waals surface area contributed by atoms with Gasteiger partial charge in [-0.05, 0) is 24.6 Å². The number of benzene rings is 1. The maximum Gasteiger partial charge on any atom is 0.0724 e. The molecular formula is C16H22N2O. The van der Waals surface area contributed by atoms with Crippen LogP contribution in [0.5, 0.6) is 0 Å². The summed E-state index contributed by atoms with van der Waals surface area (Å²) < 4.78 is 5.74. The lowest BCUT2D eigenvalue weighted by Gasteiger charge is -2.10. The number of rotatable bonds is 6. The smallest absolute Gasteiger partial charge is 0.0724 e. The highest BCUT2D eigenvalue weighted by atomic mass is 16.5. The van der Waals surface area contributed by atoms with Gasteiger partial charge >= 0.3 is 0 Å². The van der Waals surface area contributed by atoms with Crippen molar-refractivity contribution < 1.29 is 4.74 Å². The average Bonchev–Trinajstić information content (AvgIpc) is 2.37. The van der Waals surface area contributed by atoms with Crippen molar-refractivity contribution in [3.05, 3.63) is 41.6 Å². The first-order chi connectivity index (χ1) is 9.16. The quantitative estimate of drug-likeness (QED) is 0.809. The van der Waals surface area contributed by atoms with Gasteiger partial charge in [0.1, 0.15) is 0 Å². The van der Waals surface area contributed by atoms with Crippen LogP contribution >= 0.6 is 0 Å². The molecular weight excluding hydrogens is 236 g/mol. The first-order valence-electron chi connectivity index (χ1n) is 6.83. The molecule has 0 saturated carbocycles. The lowest BCUT2D eigenvalue weighted by atomic mass is 10.1. The van der Waals surface area contributed by atoms with E-state index in [-0.39, 0.29) is 0 Å². The zero-order chi connectivity index (χ0) is 13.7. The number of nitrogens with one attached hydrogen (secondary N) is 1. The van der Waals surface area contributed by atoms with E-state index < -0.39 is 0 Å². The van der Waals surface area contributed by atoms with Crippen molar-refractivity contribution in [3.8, 4) is 0 Å². The first-order valence-corrected chi connectivity index (χ1v) is 6.83. The lowest BCUT2D eigenvalue weighted by Crippen LogP contribution is -2.26. The molecule has 3 nitrogen and oxygen atoms in total. The Kier molecular flexibility index (Phi) is 4.88. The van der Waals surface area contributed by atoms with E-state index in [1.54, 1.807) is 0 Å². The van der Waals surface area contributed by atoms with Crippen molar-refractivity contribution in [3.63, 3.8) is 0 Å². The highest BCUT2D eigenvalue weighted by Gasteiger charge is 2.03. The van der Waals surface area contributed by atoms with Gasteiger partial charge in [-0.15, -0.1) is 0 Å². The zero-order valence-corrected chi connectivity index (χ0v) is 11.9. The molecule has 0 fully saturated rings. The van der Waals surface area contributed by atoms with Gasteiger partial charge in [-0.1, -0.05) is 32.0 Å². The van der Waals surface area contributed by atoms with Gasteiger partial charge in [0, 0.05) is 23.7 Å². The van der Waals surface area contributed by atoms with Crippen LogP contribution in [0.1, 0.15) is 25.1 Å². The summed E-state index contributed by atoms with van der Waals surface area (Å²) in [5.74, 6) is 0. The third-order valence-corrected chi connectivity index (χ3v) is 2.99. The van der Waals surface area contributed by atoms with Gasteiger partial charge in [-0.2, -0.15) is 0 Å². The lowest BCUT2D eigenvalue weighted by molar-refractivity contribution is 0.122. The van der Waals surface area contributed by atoms with Gasteiger partial charge in [0.2, 0.25) is 0 Å². The molecule has 0 unspecified atom stereocenters. The number of hydrogen-bond acceptors (Lipinski definition) is 3. The van der Waals surface area contributed by atoms with Crippen LogP contribution < -0.4 is 5.32 Å². The highest BCUT2D eigenvalue weighted by Crippen LogP contribution is 2.18. The summed E-state index contributed by atoms with van der Waals surface area (Å²) >= 11 is 0. The fourth-order valence-corrected chi connectivity index (χ4v) is 2.12. The van der Waals surface area contributed by atoms with Crippen molar-refractivity contribution >= 4 is 10.9 Å². The van der Waals surface area contributed by atoms with Crippen molar-refractivity contribution in [2.45, 2.75) is 33.4 Å². The Morgan fingerprint density at radius 2 is 2.05 bits per heavy atom. The van der Waals surface area contributed by atoms with E-state index >= 15 is 0 Å². The number of pyridine rings is 1. The molecule has 0 bridgehead atoms. The molecule has 1 aromatic heterocycles. The van der Waals surface area contributed by atoms with Crippen LogP contribution in [0.3, 0.4) is 0 Å². The normalized spacial score (nSPS) is 11.4. The molecule has 0 saturated heterocycles. The number of ether oxygens (including phenoxy) is 1. The molecule has 1 heterocycles. The second-order valence-electron chi connectivity index (χ2n) is 5.10. The summed E-state index contributed by atoms with van der Waals surface area (Å²) in [5, 5.41) is 4.53. The Bertz CT molecular complexity index is 537. The number of nitrogens with zero attached hydrogens (tertiary/aromatic N) is 1. The predicted octanol–water partition coefficient (Wildman–Crippen LogP) is 3.06. The SMILES string of the molecule is Cc1cc(COCCNC(C)C)c2ccccc2n1. The fourth-order valence-electron chi connectivity index (χ4n) is 2.12. The van der Waals surface area contributed by atoms with Crippen LogP contribution in [0, 0.1) is 6.92 Å². The van der Waals surface area contributed by atoms with Gasteiger partial charge in [0.25, 0.3) is 0 Å². The molecule has 1 aromatic carbocycles. The predicted molar refractivity (Wildman–Crippen MR) is 79.3 cm³/mol. The van der Waals surface area contributed by atoms with Gasteiger partial charge in [-0.3, -0.25) is 4.98 Å². The van der Waals surface area contributed by atoms with E-state index in [1.165, 1.54) is 10.9 Å². The van der Waals surface area contributed by atoms with Gasteiger partial charge < -0.3 is 10.1 Å².